The molecule has 0 saturated carbocycles. The molecule has 0 aliphatic carbocycles. The zero-order valence-corrected chi connectivity index (χ0v) is 15.5. The lowest BCUT2D eigenvalue weighted by molar-refractivity contribution is -0.384. The number of amides is 1. The van der Waals surface area contributed by atoms with Gasteiger partial charge in [0.2, 0.25) is 5.91 Å². The highest BCUT2D eigenvalue weighted by molar-refractivity contribution is 5.83. The van der Waals surface area contributed by atoms with Crippen molar-refractivity contribution in [3.05, 3.63) is 106 Å². The van der Waals surface area contributed by atoms with E-state index in [1.807, 2.05) is 42.5 Å². The summed E-state index contributed by atoms with van der Waals surface area (Å²) in [5.41, 5.74) is 5.13. The summed E-state index contributed by atoms with van der Waals surface area (Å²) < 4.78 is 5.67. The number of nitro groups is 1. The molecule has 0 atom stereocenters. The average Bonchev–Trinajstić information content (AvgIpc) is 2.74. The van der Waals surface area contributed by atoms with Crippen LogP contribution in [0.2, 0.25) is 0 Å². The van der Waals surface area contributed by atoms with E-state index in [-0.39, 0.29) is 18.0 Å². The van der Waals surface area contributed by atoms with Crippen molar-refractivity contribution < 1.29 is 14.5 Å². The van der Waals surface area contributed by atoms with Gasteiger partial charge >= 0.3 is 0 Å². The van der Waals surface area contributed by atoms with Gasteiger partial charge in [-0.2, -0.15) is 5.10 Å². The first-order valence-electron chi connectivity index (χ1n) is 8.92. The van der Waals surface area contributed by atoms with Gasteiger partial charge in [-0.25, -0.2) is 5.43 Å². The molecule has 3 aromatic carbocycles. The minimum atomic E-state index is -0.436. The number of non-ortho nitro benzene ring substituents is 1. The number of carbonyl (C=O) groups is 1. The summed E-state index contributed by atoms with van der Waals surface area (Å²) in [6.45, 7) is 0.307. The van der Waals surface area contributed by atoms with Crippen LogP contribution in [0.1, 0.15) is 16.7 Å². The number of benzene rings is 3. The minimum Gasteiger partial charge on any atom is -0.489 e. The molecule has 1 N–H and O–H groups in total. The molecule has 0 radical (unpaired) electrons. The molecule has 146 valence electrons. The van der Waals surface area contributed by atoms with Crippen LogP contribution in [0.25, 0.3) is 0 Å². The Kier molecular flexibility index (Phi) is 6.67. The molecule has 3 rings (SSSR count). The lowest BCUT2D eigenvalue weighted by atomic mass is 10.1. The SMILES string of the molecule is O=C(Cc1ccccc1)N/N=C/c1ccc(OCc2ccc([N+](=O)[O-])cc2)cc1. The van der Waals surface area contributed by atoms with Crippen LogP contribution in [0, 0.1) is 10.1 Å². The monoisotopic (exact) mass is 389 g/mol. The van der Waals surface area contributed by atoms with Gasteiger partial charge in [-0.15, -0.1) is 0 Å². The Hall–Kier alpha value is -4.00. The third-order valence-electron chi connectivity index (χ3n) is 4.04. The summed E-state index contributed by atoms with van der Waals surface area (Å²) in [4.78, 5) is 22.1. The number of hydrogen-bond donors (Lipinski definition) is 1. The molecule has 0 bridgehead atoms. The highest BCUT2D eigenvalue weighted by Crippen LogP contribution is 2.16. The van der Waals surface area contributed by atoms with Crippen molar-refractivity contribution in [3.63, 3.8) is 0 Å². The Morgan fingerprint density at radius 2 is 1.66 bits per heavy atom. The van der Waals surface area contributed by atoms with Crippen LogP contribution in [0.3, 0.4) is 0 Å². The average molecular weight is 389 g/mol. The zero-order valence-electron chi connectivity index (χ0n) is 15.5. The Morgan fingerprint density at radius 1 is 0.966 bits per heavy atom. The number of ether oxygens (including phenoxy) is 1. The zero-order chi connectivity index (χ0) is 20.5. The summed E-state index contributed by atoms with van der Waals surface area (Å²) in [6.07, 6.45) is 1.83. The van der Waals surface area contributed by atoms with Gasteiger partial charge in [0, 0.05) is 12.1 Å². The number of rotatable bonds is 8. The normalized spacial score (nSPS) is 10.6. The lowest BCUT2D eigenvalue weighted by Gasteiger charge is -2.06. The highest BCUT2D eigenvalue weighted by atomic mass is 16.6. The maximum atomic E-state index is 11.9. The Labute approximate surface area is 167 Å². The molecular formula is C22H19N3O4. The van der Waals surface area contributed by atoms with Gasteiger partial charge in [0.25, 0.3) is 5.69 Å². The van der Waals surface area contributed by atoms with Gasteiger partial charge in [0.15, 0.2) is 0 Å². The predicted octanol–water partition coefficient (Wildman–Crippen LogP) is 3.87. The fourth-order valence-corrected chi connectivity index (χ4v) is 2.53. The van der Waals surface area contributed by atoms with Crippen molar-refractivity contribution in [3.8, 4) is 5.75 Å². The number of nitro benzene ring substituents is 1. The van der Waals surface area contributed by atoms with Gasteiger partial charge < -0.3 is 4.74 Å². The van der Waals surface area contributed by atoms with E-state index in [4.69, 9.17) is 4.74 Å². The van der Waals surface area contributed by atoms with Crippen molar-refractivity contribution in [2.24, 2.45) is 5.10 Å². The molecule has 0 heterocycles. The third kappa shape index (κ3) is 6.28. The molecule has 7 heteroatoms. The summed E-state index contributed by atoms with van der Waals surface area (Å²) in [5.74, 6) is 0.476. The van der Waals surface area contributed by atoms with Crippen molar-refractivity contribution in [2.45, 2.75) is 13.0 Å². The number of nitrogens with one attached hydrogen (secondary N) is 1. The largest absolute Gasteiger partial charge is 0.489 e. The van der Waals surface area contributed by atoms with E-state index < -0.39 is 4.92 Å². The predicted molar refractivity (Wildman–Crippen MR) is 110 cm³/mol. The molecule has 29 heavy (non-hydrogen) atoms. The van der Waals surface area contributed by atoms with Crippen molar-refractivity contribution in [1.29, 1.82) is 0 Å². The number of hydrogen-bond acceptors (Lipinski definition) is 5. The summed E-state index contributed by atoms with van der Waals surface area (Å²) in [6, 6.07) is 22.9. The van der Waals surface area contributed by atoms with Crippen LogP contribution in [0.15, 0.2) is 84.0 Å². The second-order valence-corrected chi connectivity index (χ2v) is 6.24. The maximum Gasteiger partial charge on any atom is 0.269 e. The summed E-state index contributed by atoms with van der Waals surface area (Å²) in [5, 5.41) is 14.6. The Bertz CT molecular complexity index is 985. The van der Waals surface area contributed by atoms with Gasteiger partial charge in [-0.1, -0.05) is 30.3 Å². The van der Waals surface area contributed by atoms with Gasteiger partial charge in [-0.05, 0) is 53.1 Å². The minimum absolute atomic E-state index is 0.0493. The smallest absolute Gasteiger partial charge is 0.269 e. The molecule has 0 aromatic heterocycles. The first kappa shape index (κ1) is 19.8. The lowest BCUT2D eigenvalue weighted by Crippen LogP contribution is -2.19. The molecule has 3 aromatic rings. The number of nitrogens with zero attached hydrogens (tertiary/aromatic N) is 2. The van der Waals surface area contributed by atoms with Crippen LogP contribution in [0.5, 0.6) is 5.75 Å². The van der Waals surface area contributed by atoms with E-state index in [1.54, 1.807) is 30.5 Å². The van der Waals surface area contributed by atoms with E-state index >= 15 is 0 Å². The van der Waals surface area contributed by atoms with Crippen LogP contribution < -0.4 is 10.2 Å². The van der Waals surface area contributed by atoms with Crippen molar-refractivity contribution >= 4 is 17.8 Å². The number of carbonyl (C=O) groups excluding carboxylic acids is 1. The van der Waals surface area contributed by atoms with Gasteiger partial charge in [-0.3, -0.25) is 14.9 Å². The second kappa shape index (κ2) is 9.80. The molecule has 0 spiro atoms. The molecule has 0 unspecified atom stereocenters. The van der Waals surface area contributed by atoms with Crippen LogP contribution in [-0.2, 0) is 17.8 Å². The third-order valence-corrected chi connectivity index (χ3v) is 4.04. The molecule has 7 nitrogen and oxygen atoms in total. The highest BCUT2D eigenvalue weighted by Gasteiger charge is 2.04. The number of hydrazone groups is 1. The molecule has 0 saturated heterocycles. The summed E-state index contributed by atoms with van der Waals surface area (Å²) >= 11 is 0. The molecule has 1 amide bonds. The van der Waals surface area contributed by atoms with Crippen molar-refractivity contribution in [2.75, 3.05) is 0 Å². The standard InChI is InChI=1S/C22H19N3O4/c26-22(14-17-4-2-1-3-5-17)24-23-15-18-8-12-21(13-9-18)29-16-19-6-10-20(11-7-19)25(27)28/h1-13,15H,14,16H2,(H,24,26)/b23-15+. The topological polar surface area (TPSA) is 93.8 Å². The first-order chi connectivity index (χ1) is 14.1. The van der Waals surface area contributed by atoms with Crippen LogP contribution in [-0.4, -0.2) is 17.0 Å². The Morgan fingerprint density at radius 3 is 2.31 bits per heavy atom. The van der Waals surface area contributed by atoms with E-state index in [9.17, 15) is 14.9 Å². The van der Waals surface area contributed by atoms with E-state index in [0.717, 1.165) is 16.7 Å². The summed E-state index contributed by atoms with van der Waals surface area (Å²) in [7, 11) is 0. The first-order valence-corrected chi connectivity index (χ1v) is 8.92. The second-order valence-electron chi connectivity index (χ2n) is 6.24. The quantitative estimate of drug-likeness (QED) is 0.359. The Balaban J connectivity index is 1.46. The van der Waals surface area contributed by atoms with Gasteiger partial charge in [0.1, 0.15) is 12.4 Å². The fraction of sp³-hybridized carbons (Fsp3) is 0.0909. The molecular weight excluding hydrogens is 370 g/mol. The fourth-order valence-electron chi connectivity index (χ4n) is 2.53. The van der Waals surface area contributed by atoms with Crippen LogP contribution in [0.4, 0.5) is 5.69 Å². The van der Waals surface area contributed by atoms with E-state index in [1.165, 1.54) is 12.1 Å². The van der Waals surface area contributed by atoms with Crippen molar-refractivity contribution in [1.82, 2.24) is 5.43 Å². The van der Waals surface area contributed by atoms with Crippen LogP contribution >= 0.6 is 0 Å². The van der Waals surface area contributed by atoms with E-state index in [0.29, 0.717) is 12.4 Å². The molecule has 0 aliphatic heterocycles. The van der Waals surface area contributed by atoms with Gasteiger partial charge in [0.05, 0.1) is 17.6 Å². The maximum absolute atomic E-state index is 11.9. The van der Waals surface area contributed by atoms with E-state index in [2.05, 4.69) is 10.5 Å². The molecule has 0 aliphatic rings. The molecule has 0 fully saturated rings.